The van der Waals surface area contributed by atoms with Crippen molar-refractivity contribution in [1.29, 1.82) is 0 Å². The molecule has 0 aliphatic carbocycles. The first kappa shape index (κ1) is 30.3. The number of benzene rings is 1. The molecule has 0 radical (unpaired) electrons. The fraction of sp³-hybridized carbons (Fsp3) is 0.467. The van der Waals surface area contributed by atoms with Gasteiger partial charge in [-0.1, -0.05) is 36.4 Å². The van der Waals surface area contributed by atoms with Gasteiger partial charge in [-0.15, -0.1) is 0 Å². The molecule has 220 valence electrons. The third kappa shape index (κ3) is 10.0. The molecule has 0 saturated heterocycles. The lowest BCUT2D eigenvalue weighted by Gasteiger charge is -2.24. The van der Waals surface area contributed by atoms with Crippen molar-refractivity contribution in [3.05, 3.63) is 66.1 Å². The first-order valence-electron chi connectivity index (χ1n) is 14.2. The van der Waals surface area contributed by atoms with Gasteiger partial charge in [0.05, 0.1) is 12.3 Å². The van der Waals surface area contributed by atoms with E-state index in [1.54, 1.807) is 6.07 Å². The van der Waals surface area contributed by atoms with Gasteiger partial charge in [-0.05, 0) is 56.7 Å². The molecule has 0 amide bonds. The number of aryl methyl sites for hydroxylation is 2. The topological polar surface area (TPSA) is 112 Å². The molecule has 0 bridgehead atoms. The molecule has 0 saturated carbocycles. The smallest absolute Gasteiger partial charge is 0.326 e. The lowest BCUT2D eigenvalue weighted by atomic mass is 10.1. The molecule has 0 spiro atoms. The van der Waals surface area contributed by atoms with E-state index in [0.29, 0.717) is 37.6 Å². The first-order valence-corrected chi connectivity index (χ1v) is 14.2. The highest BCUT2D eigenvalue weighted by Gasteiger charge is 2.20. The lowest BCUT2D eigenvalue weighted by molar-refractivity contribution is -0.138. The molecule has 1 aliphatic heterocycles. The van der Waals surface area contributed by atoms with Crippen molar-refractivity contribution in [2.24, 2.45) is 0 Å². The number of rotatable bonds is 17. The van der Waals surface area contributed by atoms with Crippen molar-refractivity contribution >= 4 is 17.6 Å². The number of carboxylic acid groups (broad SMARTS) is 1. The number of aromatic nitrogens is 3. The number of hydrogen-bond acceptors (Lipinski definition) is 8. The van der Waals surface area contributed by atoms with Crippen molar-refractivity contribution in [2.45, 2.75) is 51.0 Å². The van der Waals surface area contributed by atoms with Crippen LogP contribution in [-0.4, -0.2) is 82.8 Å². The number of aliphatic carboxylic acids is 1. The summed E-state index contributed by atoms with van der Waals surface area (Å²) < 4.78 is 30.2. The van der Waals surface area contributed by atoms with Crippen LogP contribution in [0.4, 0.5) is 20.4 Å². The molecule has 1 atom stereocenters. The van der Waals surface area contributed by atoms with Crippen molar-refractivity contribution in [3.8, 4) is 11.3 Å². The maximum Gasteiger partial charge on any atom is 0.326 e. The molecule has 0 fully saturated rings. The summed E-state index contributed by atoms with van der Waals surface area (Å²) in [4.78, 5) is 27.4. The van der Waals surface area contributed by atoms with Gasteiger partial charge in [0.2, 0.25) is 0 Å². The van der Waals surface area contributed by atoms with Gasteiger partial charge < -0.3 is 25.4 Å². The van der Waals surface area contributed by atoms with Crippen LogP contribution in [0.5, 0.6) is 0 Å². The Morgan fingerprint density at radius 3 is 2.76 bits per heavy atom. The number of halogens is 2. The summed E-state index contributed by atoms with van der Waals surface area (Å²) in [7, 11) is 0. The second kappa shape index (κ2) is 15.9. The summed E-state index contributed by atoms with van der Waals surface area (Å²) in [5.41, 5.74) is 3.89. The Hall–Kier alpha value is -3.70. The largest absolute Gasteiger partial charge is 0.480 e. The van der Waals surface area contributed by atoms with Gasteiger partial charge in [0.25, 0.3) is 6.43 Å². The monoisotopic (exact) mass is 568 g/mol. The Bertz CT molecular complexity index is 1230. The molecule has 3 heterocycles. The summed E-state index contributed by atoms with van der Waals surface area (Å²) in [6.45, 7) is 2.08. The highest BCUT2D eigenvalue weighted by Crippen LogP contribution is 2.21. The first-order chi connectivity index (χ1) is 20.0. The van der Waals surface area contributed by atoms with Crippen LogP contribution in [0.3, 0.4) is 0 Å². The normalized spacial score (nSPS) is 13.6. The van der Waals surface area contributed by atoms with Crippen LogP contribution in [0, 0.1) is 0 Å². The summed E-state index contributed by atoms with van der Waals surface area (Å²) in [5, 5.41) is 16.3. The van der Waals surface area contributed by atoms with Gasteiger partial charge >= 0.3 is 5.97 Å². The average Bonchev–Trinajstić information content (AvgIpc) is 2.99. The second-order valence-corrected chi connectivity index (χ2v) is 10.1. The average molecular weight is 569 g/mol. The van der Waals surface area contributed by atoms with E-state index < -0.39 is 25.0 Å². The van der Waals surface area contributed by atoms with Crippen LogP contribution >= 0.6 is 0 Å². The van der Waals surface area contributed by atoms with Crippen molar-refractivity contribution in [1.82, 2.24) is 19.9 Å². The number of pyridine rings is 1. The van der Waals surface area contributed by atoms with E-state index >= 15 is 0 Å². The molecule has 1 aliphatic rings. The molecular formula is C30H38F2N6O3. The highest BCUT2D eigenvalue weighted by atomic mass is 19.3. The van der Waals surface area contributed by atoms with Gasteiger partial charge in [0.15, 0.2) is 0 Å². The van der Waals surface area contributed by atoms with Gasteiger partial charge in [-0.25, -0.2) is 28.5 Å². The number of hydrogen-bond donors (Lipinski definition) is 3. The van der Waals surface area contributed by atoms with Crippen LogP contribution in [0.2, 0.25) is 0 Å². The van der Waals surface area contributed by atoms with Crippen LogP contribution in [-0.2, 0) is 22.4 Å². The Balaban J connectivity index is 1.30. The van der Waals surface area contributed by atoms with Crippen molar-refractivity contribution in [2.75, 3.05) is 50.0 Å². The second-order valence-electron chi connectivity index (χ2n) is 10.1. The predicted octanol–water partition coefficient (Wildman–Crippen LogP) is 4.76. The number of nitrogens with one attached hydrogen (secondary N) is 2. The Labute approximate surface area is 239 Å². The van der Waals surface area contributed by atoms with Gasteiger partial charge in [0, 0.05) is 37.0 Å². The van der Waals surface area contributed by atoms with E-state index in [2.05, 4.69) is 37.6 Å². The summed E-state index contributed by atoms with van der Waals surface area (Å²) in [6, 6.07) is 14.7. The molecule has 11 heteroatoms. The van der Waals surface area contributed by atoms with E-state index in [-0.39, 0.29) is 6.61 Å². The molecule has 41 heavy (non-hydrogen) atoms. The van der Waals surface area contributed by atoms with Crippen LogP contribution in [0.25, 0.3) is 11.3 Å². The van der Waals surface area contributed by atoms with Gasteiger partial charge in [-0.3, -0.25) is 0 Å². The fourth-order valence-electron chi connectivity index (χ4n) is 4.80. The Morgan fingerprint density at radius 2 is 1.95 bits per heavy atom. The highest BCUT2D eigenvalue weighted by molar-refractivity contribution is 5.77. The Kier molecular flexibility index (Phi) is 11.8. The quantitative estimate of drug-likeness (QED) is 0.199. The van der Waals surface area contributed by atoms with E-state index in [0.717, 1.165) is 55.7 Å². The SMILES string of the molecule is O=C(O)C(CCN(CCCCc1ccc2c(n1)NCCC2)CCOCC(F)F)Nc1cc(-c2ccccc2)ncn1. The maximum absolute atomic E-state index is 12.5. The van der Waals surface area contributed by atoms with Gasteiger partial charge in [-0.2, -0.15) is 0 Å². The number of anilines is 2. The van der Waals surface area contributed by atoms with Crippen LogP contribution in [0.1, 0.15) is 36.9 Å². The molecule has 3 N–H and O–H groups in total. The molecule has 2 aromatic heterocycles. The minimum Gasteiger partial charge on any atom is -0.480 e. The predicted molar refractivity (Wildman–Crippen MR) is 154 cm³/mol. The van der Waals surface area contributed by atoms with Gasteiger partial charge in [0.1, 0.15) is 30.6 Å². The summed E-state index contributed by atoms with van der Waals surface area (Å²) in [5.74, 6) is 0.411. The standard InChI is InChI=1S/C30H38F2N6O3/c31-27(32)20-41-18-17-38(15-5-4-10-24-12-11-23-9-6-14-33-29(23)36-24)16-13-25(30(39)40)37-28-19-26(34-21-35-28)22-7-2-1-3-8-22/h1-3,7-8,11-12,19,21,25,27H,4-6,9-10,13-18,20H2,(H,33,36)(H,39,40)(H,34,35,37). The number of unbranched alkanes of at least 4 members (excludes halogenated alkanes) is 1. The number of ether oxygens (including phenoxy) is 1. The van der Waals surface area contributed by atoms with E-state index in [4.69, 9.17) is 9.72 Å². The molecule has 1 aromatic carbocycles. The minimum absolute atomic E-state index is 0.153. The molecule has 9 nitrogen and oxygen atoms in total. The van der Waals surface area contributed by atoms with Crippen molar-refractivity contribution in [3.63, 3.8) is 0 Å². The van der Waals surface area contributed by atoms with Crippen molar-refractivity contribution < 1.29 is 23.4 Å². The van der Waals surface area contributed by atoms with Crippen LogP contribution in [0.15, 0.2) is 54.9 Å². The van der Waals surface area contributed by atoms with E-state index in [9.17, 15) is 18.7 Å². The molecule has 1 unspecified atom stereocenters. The number of carboxylic acids is 1. The molecular weight excluding hydrogens is 530 g/mol. The zero-order chi connectivity index (χ0) is 28.9. The van der Waals surface area contributed by atoms with Crippen LogP contribution < -0.4 is 10.6 Å². The minimum atomic E-state index is -2.52. The molecule has 3 aromatic rings. The summed E-state index contributed by atoms with van der Waals surface area (Å²) in [6.07, 6.45) is 3.96. The number of nitrogens with zero attached hydrogens (tertiary/aromatic N) is 4. The van der Waals surface area contributed by atoms with E-state index in [1.807, 2.05) is 30.3 Å². The maximum atomic E-state index is 12.5. The third-order valence-electron chi connectivity index (χ3n) is 7.00. The zero-order valence-electron chi connectivity index (χ0n) is 23.1. The number of alkyl halides is 2. The summed E-state index contributed by atoms with van der Waals surface area (Å²) >= 11 is 0. The zero-order valence-corrected chi connectivity index (χ0v) is 23.1. The van der Waals surface area contributed by atoms with E-state index in [1.165, 1.54) is 11.9 Å². The molecule has 4 rings (SSSR count). The fourth-order valence-corrected chi connectivity index (χ4v) is 4.80. The lowest BCUT2D eigenvalue weighted by Crippen LogP contribution is -2.37. The number of carbonyl (C=O) groups is 1. The number of fused-ring (bicyclic) bond motifs is 1. The Morgan fingerprint density at radius 1 is 1.10 bits per heavy atom. The third-order valence-corrected chi connectivity index (χ3v) is 7.00.